The second-order valence-electron chi connectivity index (χ2n) is 8.37. The highest BCUT2D eigenvalue weighted by Crippen LogP contribution is 2.32. The van der Waals surface area contributed by atoms with Crippen LogP contribution in [0.2, 0.25) is 0 Å². The van der Waals surface area contributed by atoms with E-state index in [9.17, 15) is 0 Å². The first-order chi connectivity index (χ1) is 15.6. The average molecular weight is 452 g/mol. The number of nitrogens with zero attached hydrogens (tertiary/aromatic N) is 7. The highest BCUT2D eigenvalue weighted by atomic mass is 32.1. The monoisotopic (exact) mass is 451 g/mol. The molecule has 5 rings (SSSR count). The molecule has 10 heteroatoms. The van der Waals surface area contributed by atoms with E-state index in [1.54, 1.807) is 12.4 Å². The van der Waals surface area contributed by atoms with E-state index in [1.165, 1.54) is 11.3 Å². The van der Waals surface area contributed by atoms with Crippen LogP contribution in [0.3, 0.4) is 0 Å². The van der Waals surface area contributed by atoms with Crippen molar-refractivity contribution in [2.24, 2.45) is 5.92 Å². The fraction of sp³-hybridized carbons (Fsp3) is 0.455. The van der Waals surface area contributed by atoms with Gasteiger partial charge in [0.1, 0.15) is 16.5 Å². The van der Waals surface area contributed by atoms with E-state index < -0.39 is 0 Å². The van der Waals surface area contributed by atoms with E-state index >= 15 is 0 Å². The van der Waals surface area contributed by atoms with E-state index in [-0.39, 0.29) is 12.0 Å². The molecule has 0 bridgehead atoms. The predicted molar refractivity (Wildman–Crippen MR) is 122 cm³/mol. The third-order valence-corrected chi connectivity index (χ3v) is 6.68. The fourth-order valence-corrected chi connectivity index (χ4v) is 4.73. The van der Waals surface area contributed by atoms with E-state index in [4.69, 9.17) is 14.2 Å². The number of pyridine rings is 1. The molecule has 1 aliphatic heterocycles. The number of piperidine rings is 1. The number of hydrogen-bond acceptors (Lipinski definition) is 10. The number of rotatable bonds is 6. The molecule has 1 fully saturated rings. The van der Waals surface area contributed by atoms with Crippen LogP contribution in [0.15, 0.2) is 35.1 Å². The summed E-state index contributed by atoms with van der Waals surface area (Å²) in [5, 5.41) is 12.5. The van der Waals surface area contributed by atoms with Crippen LogP contribution in [0.1, 0.15) is 45.4 Å². The highest BCUT2D eigenvalue weighted by molar-refractivity contribution is 7.19. The summed E-state index contributed by atoms with van der Waals surface area (Å²) in [6.45, 7) is 8.01. The van der Waals surface area contributed by atoms with Crippen molar-refractivity contribution in [3.8, 4) is 16.5 Å². The summed E-state index contributed by atoms with van der Waals surface area (Å²) in [4.78, 5) is 16.9. The van der Waals surface area contributed by atoms with E-state index in [2.05, 4.69) is 51.0 Å². The summed E-state index contributed by atoms with van der Waals surface area (Å²) in [5.41, 5.74) is 2.62. The van der Waals surface area contributed by atoms with Gasteiger partial charge in [0, 0.05) is 24.6 Å². The third-order valence-electron chi connectivity index (χ3n) is 5.82. The molecule has 0 radical (unpaired) electrons. The van der Waals surface area contributed by atoms with Gasteiger partial charge in [0.05, 0.1) is 18.1 Å². The molecule has 0 aliphatic carbocycles. The van der Waals surface area contributed by atoms with Crippen molar-refractivity contribution in [1.82, 2.24) is 30.3 Å². The molecule has 0 saturated carbocycles. The van der Waals surface area contributed by atoms with Crippen LogP contribution in [-0.4, -0.2) is 49.5 Å². The Kier molecular flexibility index (Phi) is 5.69. The van der Waals surface area contributed by atoms with Gasteiger partial charge >= 0.3 is 6.01 Å². The van der Waals surface area contributed by atoms with E-state index in [1.807, 2.05) is 18.2 Å². The molecule has 9 nitrogen and oxygen atoms in total. The SMILES string of the molecule is CC(C)c1noc(N2CCC(C(C)Oc3nc4ccc(-c5ccnnc5)nc4s3)CC2)n1. The maximum absolute atomic E-state index is 6.24. The Morgan fingerprint density at radius 1 is 1.06 bits per heavy atom. The van der Waals surface area contributed by atoms with Gasteiger partial charge in [-0.25, -0.2) is 9.97 Å². The molecule has 4 aromatic heterocycles. The highest BCUT2D eigenvalue weighted by Gasteiger charge is 2.28. The maximum Gasteiger partial charge on any atom is 0.324 e. The molecule has 0 aromatic carbocycles. The van der Waals surface area contributed by atoms with Crippen molar-refractivity contribution in [3.63, 3.8) is 0 Å². The second kappa shape index (κ2) is 8.78. The van der Waals surface area contributed by atoms with Crippen LogP contribution >= 0.6 is 11.3 Å². The Morgan fingerprint density at radius 2 is 1.91 bits per heavy atom. The predicted octanol–water partition coefficient (Wildman–Crippen LogP) is 4.34. The minimum absolute atomic E-state index is 0.0653. The van der Waals surface area contributed by atoms with Crippen LogP contribution in [-0.2, 0) is 0 Å². The molecule has 1 aliphatic rings. The molecular formula is C22H25N7O2S. The van der Waals surface area contributed by atoms with Gasteiger partial charge in [-0.2, -0.15) is 15.2 Å². The first-order valence-electron chi connectivity index (χ1n) is 10.9. The first-order valence-corrected chi connectivity index (χ1v) is 11.7. The van der Waals surface area contributed by atoms with Crippen LogP contribution < -0.4 is 9.64 Å². The summed E-state index contributed by atoms with van der Waals surface area (Å²) in [7, 11) is 0. The van der Waals surface area contributed by atoms with Gasteiger partial charge in [-0.1, -0.05) is 30.3 Å². The van der Waals surface area contributed by atoms with Crippen LogP contribution in [0, 0.1) is 5.92 Å². The minimum atomic E-state index is 0.0653. The number of aromatic nitrogens is 6. The van der Waals surface area contributed by atoms with Crippen LogP contribution in [0.4, 0.5) is 6.01 Å². The van der Waals surface area contributed by atoms with Crippen molar-refractivity contribution in [2.45, 2.75) is 45.6 Å². The van der Waals surface area contributed by atoms with Crippen molar-refractivity contribution >= 4 is 27.7 Å². The second-order valence-corrected chi connectivity index (χ2v) is 9.31. The molecule has 166 valence electrons. The lowest BCUT2D eigenvalue weighted by atomic mass is 9.92. The van der Waals surface area contributed by atoms with Gasteiger partial charge in [0.2, 0.25) is 0 Å². The third kappa shape index (κ3) is 4.27. The van der Waals surface area contributed by atoms with Crippen LogP contribution in [0.25, 0.3) is 21.6 Å². The lowest BCUT2D eigenvalue weighted by Gasteiger charge is -2.33. The number of hydrogen-bond donors (Lipinski definition) is 0. The number of anilines is 1. The molecule has 32 heavy (non-hydrogen) atoms. The summed E-state index contributed by atoms with van der Waals surface area (Å²) < 4.78 is 11.7. The van der Waals surface area contributed by atoms with Gasteiger partial charge in [-0.05, 0) is 43.9 Å². The summed E-state index contributed by atoms with van der Waals surface area (Å²) in [5.74, 6) is 1.46. The van der Waals surface area contributed by atoms with Gasteiger partial charge in [0.15, 0.2) is 5.82 Å². The van der Waals surface area contributed by atoms with Gasteiger partial charge in [0.25, 0.3) is 5.19 Å². The molecular weight excluding hydrogens is 426 g/mol. The lowest BCUT2D eigenvalue weighted by molar-refractivity contribution is 0.131. The van der Waals surface area contributed by atoms with Gasteiger partial charge in [-0.15, -0.1) is 0 Å². The summed E-state index contributed by atoms with van der Waals surface area (Å²) in [6.07, 6.45) is 5.44. The molecule has 4 aromatic rings. The van der Waals surface area contributed by atoms with Crippen molar-refractivity contribution in [2.75, 3.05) is 18.0 Å². The molecule has 1 atom stereocenters. The van der Waals surface area contributed by atoms with Crippen molar-refractivity contribution in [3.05, 3.63) is 36.4 Å². The molecule has 5 heterocycles. The first kappa shape index (κ1) is 20.7. The number of thiazole rings is 1. The number of ether oxygens (including phenoxy) is 1. The Morgan fingerprint density at radius 3 is 2.62 bits per heavy atom. The largest absolute Gasteiger partial charge is 0.467 e. The zero-order chi connectivity index (χ0) is 22.1. The Labute approximate surface area is 189 Å². The topological polar surface area (TPSA) is 103 Å². The number of fused-ring (bicyclic) bond motifs is 1. The summed E-state index contributed by atoms with van der Waals surface area (Å²) in [6, 6.07) is 6.44. The molecule has 1 saturated heterocycles. The minimum Gasteiger partial charge on any atom is -0.467 e. The smallest absolute Gasteiger partial charge is 0.324 e. The van der Waals surface area contributed by atoms with Crippen LogP contribution in [0.5, 0.6) is 5.19 Å². The van der Waals surface area contributed by atoms with E-state index in [0.717, 1.165) is 53.4 Å². The standard InChI is InChI=1S/C22H25N7O2S/c1-13(2)19-27-21(31-28-19)29-10-7-15(8-11-29)14(3)30-22-26-18-5-4-17(25-20(18)32-22)16-6-9-23-24-12-16/h4-6,9,12-15H,7-8,10-11H2,1-3H3. The lowest BCUT2D eigenvalue weighted by Crippen LogP contribution is -2.38. The Bertz CT molecular complexity index is 1190. The Balaban J connectivity index is 1.22. The zero-order valence-electron chi connectivity index (χ0n) is 18.3. The maximum atomic E-state index is 6.24. The normalized spacial score (nSPS) is 16.1. The Hall–Kier alpha value is -3.14. The quantitative estimate of drug-likeness (QED) is 0.423. The van der Waals surface area contributed by atoms with Gasteiger partial charge in [-0.3, -0.25) is 0 Å². The average Bonchev–Trinajstić information content (AvgIpc) is 3.46. The molecule has 0 spiro atoms. The van der Waals surface area contributed by atoms with Crippen molar-refractivity contribution < 1.29 is 9.26 Å². The van der Waals surface area contributed by atoms with Crippen molar-refractivity contribution in [1.29, 1.82) is 0 Å². The molecule has 1 unspecified atom stereocenters. The van der Waals surface area contributed by atoms with Gasteiger partial charge < -0.3 is 14.2 Å². The summed E-state index contributed by atoms with van der Waals surface area (Å²) >= 11 is 1.48. The van der Waals surface area contributed by atoms with E-state index in [0.29, 0.717) is 17.1 Å². The zero-order valence-corrected chi connectivity index (χ0v) is 19.1. The molecule has 0 amide bonds. The molecule has 0 N–H and O–H groups in total. The fourth-order valence-electron chi connectivity index (χ4n) is 3.86.